The molecule has 0 saturated heterocycles. The lowest BCUT2D eigenvalue weighted by molar-refractivity contribution is 0.217. The van der Waals surface area contributed by atoms with Gasteiger partial charge in [0.1, 0.15) is 0 Å². The van der Waals surface area contributed by atoms with E-state index in [1.807, 2.05) is 0 Å². The Labute approximate surface area is 109 Å². The van der Waals surface area contributed by atoms with Crippen LogP contribution in [0.15, 0.2) is 24.3 Å². The zero-order valence-electron chi connectivity index (χ0n) is 11.7. The van der Waals surface area contributed by atoms with Gasteiger partial charge in [-0.3, -0.25) is 0 Å². The number of rotatable bonds is 5. The van der Waals surface area contributed by atoms with Crippen LogP contribution in [0.5, 0.6) is 0 Å². The number of nitrogens with zero attached hydrogens (tertiary/aromatic N) is 1. The van der Waals surface area contributed by atoms with Gasteiger partial charge in [0, 0.05) is 33.2 Å². The molecule has 0 radical (unpaired) electrons. The van der Waals surface area contributed by atoms with Gasteiger partial charge in [-0.25, -0.2) is 4.79 Å². The summed E-state index contributed by atoms with van der Waals surface area (Å²) in [5.74, 6) is 0. The Morgan fingerprint density at radius 1 is 1.22 bits per heavy atom. The minimum Gasteiger partial charge on any atom is -0.337 e. The molecule has 4 nitrogen and oxygen atoms in total. The minimum atomic E-state index is -0.0558. The fourth-order valence-corrected chi connectivity index (χ4v) is 1.59. The predicted octanol–water partition coefficient (Wildman–Crippen LogP) is 1.92. The molecular formula is C14H23N3O. The zero-order chi connectivity index (χ0) is 13.5. The van der Waals surface area contributed by atoms with Crippen molar-refractivity contribution in [2.75, 3.05) is 27.2 Å². The zero-order valence-corrected chi connectivity index (χ0v) is 11.7. The molecule has 1 rings (SSSR count). The van der Waals surface area contributed by atoms with Gasteiger partial charge in [0.05, 0.1) is 0 Å². The summed E-state index contributed by atoms with van der Waals surface area (Å²) in [6.45, 7) is 5.60. The molecular weight excluding hydrogens is 226 g/mol. The van der Waals surface area contributed by atoms with Crippen LogP contribution in [0, 0.1) is 6.92 Å². The second kappa shape index (κ2) is 7.01. The maximum absolute atomic E-state index is 11.3. The Balaban J connectivity index is 2.27. The van der Waals surface area contributed by atoms with Crippen LogP contribution in [0.2, 0.25) is 0 Å². The smallest absolute Gasteiger partial charge is 0.316 e. The van der Waals surface area contributed by atoms with Crippen molar-refractivity contribution in [3.63, 3.8) is 0 Å². The number of hydrogen-bond acceptors (Lipinski definition) is 2. The van der Waals surface area contributed by atoms with E-state index in [2.05, 4.69) is 48.7 Å². The molecule has 0 aliphatic carbocycles. The summed E-state index contributed by atoms with van der Waals surface area (Å²) in [5, 5.41) is 6.20. The van der Waals surface area contributed by atoms with Gasteiger partial charge in [0.25, 0.3) is 0 Å². The lowest BCUT2D eigenvalue weighted by Gasteiger charge is -2.16. The van der Waals surface area contributed by atoms with Crippen molar-refractivity contribution in [3.8, 4) is 0 Å². The maximum Gasteiger partial charge on any atom is 0.316 e. The third-order valence-electron chi connectivity index (χ3n) is 2.84. The minimum absolute atomic E-state index is 0.0558. The van der Waals surface area contributed by atoms with Crippen molar-refractivity contribution in [1.82, 2.24) is 15.5 Å². The number of carbonyl (C=O) groups is 1. The molecule has 1 aromatic carbocycles. The lowest BCUT2D eigenvalue weighted by atomic mass is 10.1. The summed E-state index contributed by atoms with van der Waals surface area (Å²) in [4.78, 5) is 12.8. The van der Waals surface area contributed by atoms with E-state index in [0.717, 1.165) is 6.54 Å². The fraction of sp³-hybridized carbons (Fsp3) is 0.500. The average Bonchev–Trinajstić information content (AvgIpc) is 2.34. The van der Waals surface area contributed by atoms with Gasteiger partial charge >= 0.3 is 6.03 Å². The van der Waals surface area contributed by atoms with Crippen molar-refractivity contribution in [3.05, 3.63) is 35.4 Å². The Bertz CT molecular complexity index is 373. The number of benzene rings is 1. The van der Waals surface area contributed by atoms with E-state index in [4.69, 9.17) is 0 Å². The molecule has 0 fully saturated rings. The Hall–Kier alpha value is -1.55. The molecule has 0 aromatic heterocycles. The van der Waals surface area contributed by atoms with Crippen molar-refractivity contribution < 1.29 is 4.79 Å². The van der Waals surface area contributed by atoms with Crippen molar-refractivity contribution in [2.45, 2.75) is 19.9 Å². The topological polar surface area (TPSA) is 44.4 Å². The highest BCUT2D eigenvalue weighted by Gasteiger charge is 2.05. The summed E-state index contributed by atoms with van der Waals surface area (Å²) in [7, 11) is 3.47. The van der Waals surface area contributed by atoms with Crippen LogP contribution in [0.3, 0.4) is 0 Å². The Kier molecular flexibility index (Phi) is 5.65. The van der Waals surface area contributed by atoms with Gasteiger partial charge in [0.15, 0.2) is 0 Å². The first-order chi connectivity index (χ1) is 8.50. The first kappa shape index (κ1) is 14.5. The third-order valence-corrected chi connectivity index (χ3v) is 2.84. The molecule has 4 heteroatoms. The molecule has 1 aromatic rings. The van der Waals surface area contributed by atoms with Gasteiger partial charge in [0.2, 0.25) is 0 Å². The van der Waals surface area contributed by atoms with Crippen LogP contribution in [0.4, 0.5) is 4.79 Å². The van der Waals surface area contributed by atoms with Crippen LogP contribution < -0.4 is 10.6 Å². The van der Waals surface area contributed by atoms with Gasteiger partial charge in [-0.1, -0.05) is 29.8 Å². The monoisotopic (exact) mass is 249 g/mol. The Morgan fingerprint density at radius 2 is 1.83 bits per heavy atom. The number of carbonyl (C=O) groups excluding carboxylic acids is 1. The van der Waals surface area contributed by atoms with Crippen LogP contribution in [0.25, 0.3) is 0 Å². The van der Waals surface area contributed by atoms with Gasteiger partial charge in [-0.2, -0.15) is 0 Å². The van der Waals surface area contributed by atoms with Crippen LogP contribution >= 0.6 is 0 Å². The van der Waals surface area contributed by atoms with Gasteiger partial charge in [-0.15, -0.1) is 0 Å². The van der Waals surface area contributed by atoms with Crippen molar-refractivity contribution in [1.29, 1.82) is 0 Å². The molecule has 0 saturated carbocycles. The molecule has 0 bridgehead atoms. The number of urea groups is 1. The van der Waals surface area contributed by atoms with Crippen LogP contribution in [-0.2, 0) is 0 Å². The summed E-state index contributed by atoms with van der Waals surface area (Å²) < 4.78 is 0. The molecule has 2 amide bonds. The molecule has 0 aliphatic heterocycles. The predicted molar refractivity (Wildman–Crippen MR) is 74.7 cm³/mol. The molecule has 2 N–H and O–H groups in total. The number of nitrogens with one attached hydrogen (secondary N) is 2. The SMILES string of the molecule is Cc1ccc(C(C)NCCNC(=O)N(C)C)cc1. The van der Waals surface area contributed by atoms with E-state index < -0.39 is 0 Å². The summed E-state index contributed by atoms with van der Waals surface area (Å²) in [6, 6.07) is 8.72. The molecule has 100 valence electrons. The quantitative estimate of drug-likeness (QED) is 0.783. The van der Waals surface area contributed by atoms with E-state index in [1.54, 1.807) is 14.1 Å². The van der Waals surface area contributed by atoms with Crippen molar-refractivity contribution in [2.24, 2.45) is 0 Å². The number of amides is 2. The molecule has 18 heavy (non-hydrogen) atoms. The third kappa shape index (κ3) is 4.75. The average molecular weight is 249 g/mol. The van der Waals surface area contributed by atoms with Gasteiger partial charge < -0.3 is 15.5 Å². The molecule has 0 aliphatic rings. The first-order valence-electron chi connectivity index (χ1n) is 6.26. The first-order valence-corrected chi connectivity index (χ1v) is 6.26. The van der Waals surface area contributed by atoms with E-state index in [1.165, 1.54) is 16.0 Å². The van der Waals surface area contributed by atoms with E-state index in [-0.39, 0.29) is 6.03 Å². The van der Waals surface area contributed by atoms with E-state index in [0.29, 0.717) is 12.6 Å². The normalized spacial score (nSPS) is 12.0. The lowest BCUT2D eigenvalue weighted by Crippen LogP contribution is -2.38. The summed E-state index contributed by atoms with van der Waals surface area (Å²) >= 11 is 0. The highest BCUT2D eigenvalue weighted by atomic mass is 16.2. The van der Waals surface area contributed by atoms with Crippen molar-refractivity contribution >= 4 is 6.03 Å². The van der Waals surface area contributed by atoms with Crippen LogP contribution in [0.1, 0.15) is 24.1 Å². The summed E-state index contributed by atoms with van der Waals surface area (Å²) in [6.07, 6.45) is 0. The largest absolute Gasteiger partial charge is 0.337 e. The van der Waals surface area contributed by atoms with E-state index in [9.17, 15) is 4.79 Å². The standard InChI is InChI=1S/C14H23N3O/c1-11-5-7-13(8-6-11)12(2)15-9-10-16-14(18)17(3)4/h5-8,12,15H,9-10H2,1-4H3,(H,16,18). The van der Waals surface area contributed by atoms with E-state index >= 15 is 0 Å². The highest BCUT2D eigenvalue weighted by Crippen LogP contribution is 2.12. The molecule has 1 unspecified atom stereocenters. The molecule has 1 atom stereocenters. The number of aryl methyl sites for hydroxylation is 1. The Morgan fingerprint density at radius 3 is 2.39 bits per heavy atom. The fourth-order valence-electron chi connectivity index (χ4n) is 1.59. The van der Waals surface area contributed by atoms with Gasteiger partial charge in [-0.05, 0) is 19.4 Å². The highest BCUT2D eigenvalue weighted by molar-refractivity contribution is 5.73. The summed E-state index contributed by atoms with van der Waals surface area (Å²) in [5.41, 5.74) is 2.53. The maximum atomic E-state index is 11.3. The second-order valence-corrected chi connectivity index (χ2v) is 4.71. The van der Waals surface area contributed by atoms with Crippen LogP contribution in [-0.4, -0.2) is 38.1 Å². The number of hydrogen-bond donors (Lipinski definition) is 2. The molecule has 0 heterocycles. The second-order valence-electron chi connectivity index (χ2n) is 4.71. The molecule has 0 spiro atoms.